The van der Waals surface area contributed by atoms with E-state index in [1.54, 1.807) is 0 Å². The highest BCUT2D eigenvalue weighted by Gasteiger charge is 2.50. The highest BCUT2D eigenvalue weighted by molar-refractivity contribution is 5.71. The normalized spacial score (nSPS) is 26.9. The monoisotopic (exact) mass is 312 g/mol. The Morgan fingerprint density at radius 2 is 2.00 bits per heavy atom. The largest absolute Gasteiger partial charge is 0.449 e. The summed E-state index contributed by atoms with van der Waals surface area (Å²) in [4.78, 5) is 25.9. The van der Waals surface area contributed by atoms with Gasteiger partial charge in [-0.05, 0) is 46.5 Å². The van der Waals surface area contributed by atoms with Crippen LogP contribution in [0.4, 0.5) is 9.59 Å². The third-order valence-corrected chi connectivity index (χ3v) is 4.17. The predicted molar refractivity (Wildman–Crippen MR) is 82.7 cm³/mol. The van der Waals surface area contributed by atoms with Crippen molar-refractivity contribution in [2.75, 3.05) is 6.61 Å². The Morgan fingerprint density at radius 3 is 2.64 bits per heavy atom. The first kappa shape index (κ1) is 16.9. The van der Waals surface area contributed by atoms with Gasteiger partial charge in [0, 0.05) is 6.04 Å². The molecule has 2 amide bonds. The number of alkyl carbamates (subject to hydrolysis) is 1. The molecule has 2 fully saturated rings. The number of carbonyl (C=O) groups is 2. The van der Waals surface area contributed by atoms with E-state index in [-0.39, 0.29) is 24.2 Å². The van der Waals surface area contributed by atoms with Gasteiger partial charge in [0.25, 0.3) is 0 Å². The van der Waals surface area contributed by atoms with Gasteiger partial charge in [-0.15, -0.1) is 0 Å². The second kappa shape index (κ2) is 6.75. The zero-order chi connectivity index (χ0) is 16.3. The number of ether oxygens (including phenoxy) is 2. The first-order chi connectivity index (χ1) is 10.3. The van der Waals surface area contributed by atoms with E-state index in [1.807, 2.05) is 25.7 Å². The first-order valence-electron chi connectivity index (χ1n) is 8.26. The summed E-state index contributed by atoms with van der Waals surface area (Å²) in [6, 6.07) is 0.179. The van der Waals surface area contributed by atoms with Gasteiger partial charge in [0.1, 0.15) is 5.60 Å². The number of hydrogen-bond donors (Lipinski definition) is 1. The fraction of sp³-hybridized carbons (Fsp3) is 0.875. The Balaban J connectivity index is 1.87. The molecule has 1 N–H and O–H groups in total. The molecule has 6 nitrogen and oxygen atoms in total. The quantitative estimate of drug-likeness (QED) is 0.810. The van der Waals surface area contributed by atoms with E-state index in [0.717, 1.165) is 32.1 Å². The maximum absolute atomic E-state index is 12.2. The first-order valence-corrected chi connectivity index (χ1v) is 8.26. The molecule has 0 unspecified atom stereocenters. The third-order valence-electron chi connectivity index (χ3n) is 4.17. The number of nitrogens with zero attached hydrogens (tertiary/aromatic N) is 1. The molecule has 0 aliphatic carbocycles. The fourth-order valence-electron chi connectivity index (χ4n) is 3.27. The highest BCUT2D eigenvalue weighted by atomic mass is 16.6. The van der Waals surface area contributed by atoms with E-state index in [2.05, 4.69) is 12.2 Å². The van der Waals surface area contributed by atoms with Crippen LogP contribution < -0.4 is 5.32 Å². The van der Waals surface area contributed by atoms with Crippen LogP contribution in [0.1, 0.15) is 59.8 Å². The number of carbonyl (C=O) groups excluding carboxylic acids is 2. The van der Waals surface area contributed by atoms with Crippen molar-refractivity contribution in [3.05, 3.63) is 0 Å². The number of rotatable bonds is 4. The highest BCUT2D eigenvalue weighted by Crippen LogP contribution is 2.38. The van der Waals surface area contributed by atoms with Gasteiger partial charge in [-0.2, -0.15) is 0 Å². The smallest absolute Gasteiger partial charge is 0.410 e. The molecular weight excluding hydrogens is 284 g/mol. The number of unbranched alkanes of at least 4 members (excludes halogenated alkanes) is 1. The Hall–Kier alpha value is -1.46. The lowest BCUT2D eigenvalue weighted by Crippen LogP contribution is -2.46. The molecule has 2 rings (SSSR count). The van der Waals surface area contributed by atoms with Gasteiger partial charge in [0.15, 0.2) is 0 Å². The van der Waals surface area contributed by atoms with E-state index >= 15 is 0 Å². The minimum Gasteiger partial charge on any atom is -0.449 e. The van der Waals surface area contributed by atoms with Crippen LogP contribution in [0.2, 0.25) is 0 Å². The van der Waals surface area contributed by atoms with Crippen molar-refractivity contribution in [3.8, 4) is 0 Å². The van der Waals surface area contributed by atoms with Crippen molar-refractivity contribution in [2.24, 2.45) is 0 Å². The summed E-state index contributed by atoms with van der Waals surface area (Å²) < 4.78 is 10.6. The summed E-state index contributed by atoms with van der Waals surface area (Å²) in [5.41, 5.74) is -0.513. The van der Waals surface area contributed by atoms with Gasteiger partial charge < -0.3 is 19.7 Å². The van der Waals surface area contributed by atoms with Gasteiger partial charge in [-0.25, -0.2) is 9.59 Å². The topological polar surface area (TPSA) is 67.9 Å². The molecule has 0 spiro atoms. The summed E-state index contributed by atoms with van der Waals surface area (Å²) in [6.45, 7) is 8.05. The van der Waals surface area contributed by atoms with Crippen LogP contribution >= 0.6 is 0 Å². The van der Waals surface area contributed by atoms with Gasteiger partial charge >= 0.3 is 12.2 Å². The van der Waals surface area contributed by atoms with Crippen LogP contribution in [0, 0.1) is 0 Å². The van der Waals surface area contributed by atoms with Gasteiger partial charge in [-0.3, -0.25) is 0 Å². The molecule has 2 heterocycles. The molecule has 2 aliphatic heterocycles. The number of nitrogens with one attached hydrogen (secondary N) is 1. The molecule has 0 aromatic carbocycles. The number of fused-ring (bicyclic) bond motifs is 2. The third kappa shape index (κ3) is 4.05. The summed E-state index contributed by atoms with van der Waals surface area (Å²) in [5, 5.41) is 2.91. The van der Waals surface area contributed by atoms with Gasteiger partial charge in [0.2, 0.25) is 0 Å². The number of hydrogen-bond acceptors (Lipinski definition) is 4. The van der Waals surface area contributed by atoms with Crippen molar-refractivity contribution >= 4 is 12.2 Å². The summed E-state index contributed by atoms with van der Waals surface area (Å²) in [6.07, 6.45) is 3.91. The second-order valence-corrected chi connectivity index (χ2v) is 7.16. The second-order valence-electron chi connectivity index (χ2n) is 7.16. The average Bonchev–Trinajstić information content (AvgIpc) is 2.93. The van der Waals surface area contributed by atoms with E-state index in [0.29, 0.717) is 6.61 Å². The average molecular weight is 312 g/mol. The molecule has 6 heteroatoms. The number of amides is 2. The van der Waals surface area contributed by atoms with Crippen LogP contribution in [0.3, 0.4) is 0 Å². The summed E-state index contributed by atoms with van der Waals surface area (Å²) >= 11 is 0. The lowest BCUT2D eigenvalue weighted by Gasteiger charge is -2.26. The Bertz CT molecular complexity index is 419. The van der Waals surface area contributed by atoms with Gasteiger partial charge in [-0.1, -0.05) is 13.3 Å². The predicted octanol–water partition coefficient (Wildman–Crippen LogP) is 3.05. The zero-order valence-corrected chi connectivity index (χ0v) is 14.1. The van der Waals surface area contributed by atoms with Crippen molar-refractivity contribution in [3.63, 3.8) is 0 Å². The fourth-order valence-corrected chi connectivity index (χ4v) is 3.27. The molecule has 3 atom stereocenters. The maximum atomic E-state index is 12.2. The van der Waals surface area contributed by atoms with Crippen LogP contribution in [0.25, 0.3) is 0 Å². The Labute approximate surface area is 132 Å². The van der Waals surface area contributed by atoms with Crippen molar-refractivity contribution in [1.82, 2.24) is 10.2 Å². The van der Waals surface area contributed by atoms with Crippen LogP contribution in [0.5, 0.6) is 0 Å². The van der Waals surface area contributed by atoms with E-state index in [4.69, 9.17) is 9.47 Å². The van der Waals surface area contributed by atoms with Crippen molar-refractivity contribution in [1.29, 1.82) is 0 Å². The molecule has 22 heavy (non-hydrogen) atoms. The molecule has 2 bridgehead atoms. The lowest BCUT2D eigenvalue weighted by molar-refractivity contribution is 0.0486. The zero-order valence-electron chi connectivity index (χ0n) is 14.1. The van der Waals surface area contributed by atoms with Crippen molar-refractivity contribution < 1.29 is 19.1 Å². The lowest BCUT2D eigenvalue weighted by atomic mass is 9.96. The van der Waals surface area contributed by atoms with Crippen LogP contribution in [0.15, 0.2) is 0 Å². The minimum atomic E-state index is -0.513. The Kier molecular flexibility index (Phi) is 5.19. The van der Waals surface area contributed by atoms with E-state index in [9.17, 15) is 9.59 Å². The van der Waals surface area contributed by atoms with E-state index in [1.165, 1.54) is 0 Å². The molecule has 0 aromatic rings. The molecular formula is C16H28N2O4. The standard InChI is InChI=1S/C16H28N2O4/c1-5-6-9-21-15(20)18-11-7-8-13(18)12(10-11)17-14(19)22-16(2,3)4/h11-13H,5-10H2,1-4H3,(H,17,19)/t11-,12+,13+/m0/s1. The Morgan fingerprint density at radius 1 is 1.27 bits per heavy atom. The van der Waals surface area contributed by atoms with Crippen molar-refractivity contribution in [2.45, 2.75) is 83.5 Å². The molecule has 126 valence electrons. The summed E-state index contributed by atoms with van der Waals surface area (Å²) in [7, 11) is 0. The van der Waals surface area contributed by atoms with E-state index < -0.39 is 11.7 Å². The SMILES string of the molecule is CCCCOC(=O)N1[C@H]2CC[C@@H]1[C@H](NC(=O)OC(C)(C)C)C2. The minimum absolute atomic E-state index is 0.0339. The molecule has 0 aromatic heterocycles. The van der Waals surface area contributed by atoms with Crippen LogP contribution in [-0.2, 0) is 9.47 Å². The van der Waals surface area contributed by atoms with Gasteiger partial charge in [0.05, 0.1) is 18.7 Å². The molecule has 2 saturated heterocycles. The molecule has 0 radical (unpaired) electrons. The molecule has 2 aliphatic rings. The van der Waals surface area contributed by atoms with Crippen LogP contribution in [-0.4, -0.2) is 47.4 Å². The maximum Gasteiger partial charge on any atom is 0.410 e. The molecule has 0 saturated carbocycles. The summed E-state index contributed by atoms with van der Waals surface area (Å²) in [5.74, 6) is 0.